The average Bonchev–Trinajstić information content (AvgIpc) is 2.09. The molecule has 1 rings (SSSR count). The third-order valence-corrected chi connectivity index (χ3v) is 2.00. The number of nitrogens with one attached hydrogen (secondary N) is 1. The molecule has 12 heavy (non-hydrogen) atoms. The van der Waals surface area contributed by atoms with Gasteiger partial charge in [-0.15, -0.1) is 0 Å². The molecule has 0 fully saturated rings. The van der Waals surface area contributed by atoms with E-state index in [9.17, 15) is 0 Å². The maximum absolute atomic E-state index is 3.18. The molecule has 0 aliphatic carbocycles. The van der Waals surface area contributed by atoms with E-state index in [2.05, 4.69) is 36.5 Å². The maximum Gasteiger partial charge on any atom is 0.0205 e. The van der Waals surface area contributed by atoms with Crippen molar-refractivity contribution in [3.63, 3.8) is 0 Å². The van der Waals surface area contributed by atoms with Crippen LogP contribution in [0.5, 0.6) is 0 Å². The van der Waals surface area contributed by atoms with Gasteiger partial charge in [0.1, 0.15) is 0 Å². The van der Waals surface area contributed by atoms with E-state index in [4.69, 9.17) is 0 Å². The van der Waals surface area contributed by atoms with Gasteiger partial charge in [0.05, 0.1) is 0 Å². The lowest BCUT2D eigenvalue weighted by Gasteiger charge is -2.06. The molecule has 1 heteroatoms. The number of benzene rings is 1. The van der Waals surface area contributed by atoms with Crippen molar-refractivity contribution in [1.29, 1.82) is 0 Å². The molecule has 0 aromatic heterocycles. The zero-order valence-electron chi connectivity index (χ0n) is 7.93. The third-order valence-electron chi connectivity index (χ3n) is 2.00. The molecule has 0 amide bonds. The van der Waals surface area contributed by atoms with Gasteiger partial charge in [0.2, 0.25) is 0 Å². The SMILES string of the molecule is CCCc1ccccc1CNC. The van der Waals surface area contributed by atoms with Gasteiger partial charge in [-0.25, -0.2) is 0 Å². The normalized spacial score (nSPS) is 10.2. The highest BCUT2D eigenvalue weighted by molar-refractivity contribution is 5.26. The van der Waals surface area contributed by atoms with Crippen molar-refractivity contribution in [2.24, 2.45) is 0 Å². The molecule has 0 bridgehead atoms. The van der Waals surface area contributed by atoms with Crippen molar-refractivity contribution in [3.05, 3.63) is 35.4 Å². The molecule has 0 unspecified atom stereocenters. The smallest absolute Gasteiger partial charge is 0.0205 e. The number of hydrogen-bond donors (Lipinski definition) is 1. The van der Waals surface area contributed by atoms with Gasteiger partial charge >= 0.3 is 0 Å². The summed E-state index contributed by atoms with van der Waals surface area (Å²) in [5.74, 6) is 0. The van der Waals surface area contributed by atoms with Crippen LogP contribution >= 0.6 is 0 Å². The van der Waals surface area contributed by atoms with Crippen molar-refractivity contribution < 1.29 is 0 Å². The van der Waals surface area contributed by atoms with E-state index < -0.39 is 0 Å². The molecule has 0 heterocycles. The molecular weight excluding hydrogens is 146 g/mol. The predicted molar refractivity (Wildman–Crippen MR) is 53.2 cm³/mol. The Morgan fingerprint density at radius 3 is 2.42 bits per heavy atom. The zero-order valence-corrected chi connectivity index (χ0v) is 7.93. The van der Waals surface area contributed by atoms with Gasteiger partial charge in [-0.2, -0.15) is 0 Å². The van der Waals surface area contributed by atoms with E-state index in [1.165, 1.54) is 24.0 Å². The number of aryl methyl sites for hydroxylation is 1. The molecular formula is C11H17N. The minimum Gasteiger partial charge on any atom is -0.316 e. The molecule has 0 aliphatic rings. The van der Waals surface area contributed by atoms with Gasteiger partial charge in [0.25, 0.3) is 0 Å². The van der Waals surface area contributed by atoms with Crippen molar-refractivity contribution in [1.82, 2.24) is 5.32 Å². The summed E-state index contributed by atoms with van der Waals surface area (Å²) >= 11 is 0. The number of rotatable bonds is 4. The Morgan fingerprint density at radius 1 is 1.17 bits per heavy atom. The molecule has 1 N–H and O–H groups in total. The lowest BCUT2D eigenvalue weighted by molar-refractivity contribution is 0.794. The first-order chi connectivity index (χ1) is 5.88. The summed E-state index contributed by atoms with van der Waals surface area (Å²) in [6.45, 7) is 3.20. The molecule has 0 spiro atoms. The lowest BCUT2D eigenvalue weighted by atomic mass is 10.0. The Morgan fingerprint density at radius 2 is 1.83 bits per heavy atom. The fraction of sp³-hybridized carbons (Fsp3) is 0.455. The third kappa shape index (κ3) is 2.35. The first-order valence-corrected chi connectivity index (χ1v) is 4.60. The summed E-state index contributed by atoms with van der Waals surface area (Å²) in [6.07, 6.45) is 2.42. The molecule has 0 saturated heterocycles. The van der Waals surface area contributed by atoms with Crippen LogP contribution in [-0.4, -0.2) is 7.05 Å². The first kappa shape index (κ1) is 9.27. The van der Waals surface area contributed by atoms with Gasteiger partial charge in [-0.1, -0.05) is 37.6 Å². The van der Waals surface area contributed by atoms with E-state index in [-0.39, 0.29) is 0 Å². The molecule has 1 aromatic rings. The summed E-state index contributed by atoms with van der Waals surface area (Å²) in [7, 11) is 1.99. The molecule has 1 nitrogen and oxygen atoms in total. The summed E-state index contributed by atoms with van der Waals surface area (Å²) in [5, 5.41) is 3.18. The first-order valence-electron chi connectivity index (χ1n) is 4.60. The van der Waals surface area contributed by atoms with Crippen molar-refractivity contribution >= 4 is 0 Å². The minimum atomic E-state index is 0.982. The Labute approximate surface area is 74.8 Å². The maximum atomic E-state index is 3.18. The second kappa shape index (κ2) is 4.94. The van der Waals surface area contributed by atoms with Crippen molar-refractivity contribution in [3.8, 4) is 0 Å². The van der Waals surface area contributed by atoms with E-state index in [0.29, 0.717) is 0 Å². The van der Waals surface area contributed by atoms with Gasteiger partial charge in [0, 0.05) is 6.54 Å². The largest absolute Gasteiger partial charge is 0.316 e. The monoisotopic (exact) mass is 163 g/mol. The van der Waals surface area contributed by atoms with Gasteiger partial charge in [-0.3, -0.25) is 0 Å². The van der Waals surface area contributed by atoms with Crippen LogP contribution in [0.1, 0.15) is 24.5 Å². The molecule has 0 radical (unpaired) electrons. The summed E-state index contributed by atoms with van der Waals surface area (Å²) in [6, 6.07) is 8.63. The van der Waals surface area contributed by atoms with Crippen LogP contribution in [0, 0.1) is 0 Å². The van der Waals surface area contributed by atoms with Crippen LogP contribution in [0.15, 0.2) is 24.3 Å². The van der Waals surface area contributed by atoms with Gasteiger partial charge in [0.15, 0.2) is 0 Å². The van der Waals surface area contributed by atoms with Gasteiger partial charge < -0.3 is 5.32 Å². The molecule has 66 valence electrons. The second-order valence-corrected chi connectivity index (χ2v) is 3.05. The highest BCUT2D eigenvalue weighted by Gasteiger charge is 1.97. The zero-order chi connectivity index (χ0) is 8.81. The Bertz CT molecular complexity index is 205. The Kier molecular flexibility index (Phi) is 3.81. The summed E-state index contributed by atoms with van der Waals surface area (Å²) in [5.41, 5.74) is 2.91. The van der Waals surface area contributed by atoms with Crippen LogP contribution in [0.25, 0.3) is 0 Å². The predicted octanol–water partition coefficient (Wildman–Crippen LogP) is 2.36. The van der Waals surface area contributed by atoms with E-state index in [1.54, 1.807) is 0 Å². The summed E-state index contributed by atoms with van der Waals surface area (Å²) < 4.78 is 0. The van der Waals surface area contributed by atoms with Gasteiger partial charge in [-0.05, 0) is 24.6 Å². The van der Waals surface area contributed by atoms with Crippen molar-refractivity contribution in [2.45, 2.75) is 26.3 Å². The lowest BCUT2D eigenvalue weighted by Crippen LogP contribution is -2.07. The van der Waals surface area contributed by atoms with Crippen molar-refractivity contribution in [2.75, 3.05) is 7.05 Å². The Balaban J connectivity index is 2.77. The average molecular weight is 163 g/mol. The molecule has 0 saturated carbocycles. The van der Waals surface area contributed by atoms with Crippen LogP contribution in [-0.2, 0) is 13.0 Å². The van der Waals surface area contributed by atoms with E-state index in [0.717, 1.165) is 6.54 Å². The molecule has 0 aliphatic heterocycles. The van der Waals surface area contributed by atoms with E-state index >= 15 is 0 Å². The van der Waals surface area contributed by atoms with E-state index in [1.807, 2.05) is 7.05 Å². The highest BCUT2D eigenvalue weighted by Crippen LogP contribution is 2.10. The fourth-order valence-electron chi connectivity index (χ4n) is 1.43. The standard InChI is InChI=1S/C11H17N/c1-3-6-10-7-4-5-8-11(10)9-12-2/h4-5,7-8,12H,3,6,9H2,1-2H3. The summed E-state index contributed by atoms with van der Waals surface area (Å²) in [4.78, 5) is 0. The van der Waals surface area contributed by atoms with Crippen LogP contribution < -0.4 is 5.32 Å². The molecule has 1 aromatic carbocycles. The van der Waals surface area contributed by atoms with Crippen LogP contribution in [0.2, 0.25) is 0 Å². The minimum absolute atomic E-state index is 0.982. The Hall–Kier alpha value is -0.820. The quantitative estimate of drug-likeness (QED) is 0.718. The second-order valence-electron chi connectivity index (χ2n) is 3.05. The topological polar surface area (TPSA) is 12.0 Å². The highest BCUT2D eigenvalue weighted by atomic mass is 14.8. The number of hydrogen-bond acceptors (Lipinski definition) is 1. The van der Waals surface area contributed by atoms with Crippen LogP contribution in [0.4, 0.5) is 0 Å². The fourth-order valence-corrected chi connectivity index (χ4v) is 1.43. The van der Waals surface area contributed by atoms with Crippen LogP contribution in [0.3, 0.4) is 0 Å². The molecule has 0 atom stereocenters.